The summed E-state index contributed by atoms with van der Waals surface area (Å²) in [5, 5.41) is 2.39. The number of ether oxygens (including phenoxy) is 3. The van der Waals surface area contributed by atoms with Crippen molar-refractivity contribution in [3.05, 3.63) is 71.0 Å². The summed E-state index contributed by atoms with van der Waals surface area (Å²) in [5.41, 5.74) is 0.661. The van der Waals surface area contributed by atoms with Crippen molar-refractivity contribution in [2.24, 2.45) is 0 Å². The highest BCUT2D eigenvalue weighted by atomic mass is 19.1. The lowest BCUT2D eigenvalue weighted by molar-refractivity contribution is -0.142. The molecule has 0 saturated carbocycles. The molecule has 9 heteroatoms. The van der Waals surface area contributed by atoms with Crippen LogP contribution in [0.25, 0.3) is 6.08 Å². The number of hydrogen-bond acceptors (Lipinski definition) is 7. The van der Waals surface area contributed by atoms with E-state index in [-0.39, 0.29) is 16.8 Å². The Kier molecular flexibility index (Phi) is 7.81. The summed E-state index contributed by atoms with van der Waals surface area (Å²) < 4.78 is 26.9. The van der Waals surface area contributed by atoms with Crippen molar-refractivity contribution in [2.45, 2.75) is 0 Å². The highest BCUT2D eigenvalue weighted by Gasteiger charge is 2.17. The molecule has 0 unspecified atom stereocenters. The van der Waals surface area contributed by atoms with Crippen molar-refractivity contribution in [3.63, 3.8) is 0 Å². The second-order valence-corrected chi connectivity index (χ2v) is 5.78. The van der Waals surface area contributed by atoms with Crippen LogP contribution < -0.4 is 5.32 Å². The molecule has 0 aromatic heterocycles. The van der Waals surface area contributed by atoms with Crippen LogP contribution >= 0.6 is 0 Å². The summed E-state index contributed by atoms with van der Waals surface area (Å²) in [7, 11) is 2.35. The molecule has 30 heavy (non-hydrogen) atoms. The maximum atomic E-state index is 12.8. The molecule has 0 aliphatic carbocycles. The van der Waals surface area contributed by atoms with Crippen LogP contribution in [0.1, 0.15) is 26.3 Å². The number of methoxy groups -OCH3 is 2. The first-order chi connectivity index (χ1) is 14.3. The smallest absolute Gasteiger partial charge is 0.339 e. The highest BCUT2D eigenvalue weighted by Crippen LogP contribution is 2.19. The molecule has 1 N–H and O–H groups in total. The zero-order valence-corrected chi connectivity index (χ0v) is 16.1. The predicted molar refractivity (Wildman–Crippen MR) is 104 cm³/mol. The van der Waals surface area contributed by atoms with E-state index in [0.717, 1.165) is 13.2 Å². The van der Waals surface area contributed by atoms with E-state index in [1.54, 1.807) is 0 Å². The Bertz CT molecular complexity index is 983. The van der Waals surface area contributed by atoms with Gasteiger partial charge in [-0.3, -0.25) is 4.79 Å². The lowest BCUT2D eigenvalue weighted by Crippen LogP contribution is -2.22. The number of hydrogen-bond donors (Lipinski definition) is 1. The van der Waals surface area contributed by atoms with Gasteiger partial charge in [-0.15, -0.1) is 0 Å². The summed E-state index contributed by atoms with van der Waals surface area (Å²) in [6.45, 7) is -0.643. The molecule has 0 heterocycles. The molecular formula is C21H18FNO7. The number of nitrogens with one attached hydrogen (secondary N) is 1. The van der Waals surface area contributed by atoms with E-state index in [9.17, 15) is 23.6 Å². The molecule has 156 valence electrons. The van der Waals surface area contributed by atoms with E-state index >= 15 is 0 Å². The summed E-state index contributed by atoms with van der Waals surface area (Å²) in [6.07, 6.45) is 2.48. The van der Waals surface area contributed by atoms with Crippen LogP contribution in [0.4, 0.5) is 10.1 Å². The molecule has 2 aromatic carbocycles. The van der Waals surface area contributed by atoms with Gasteiger partial charge >= 0.3 is 17.9 Å². The van der Waals surface area contributed by atoms with Gasteiger partial charge in [0.25, 0.3) is 5.91 Å². The van der Waals surface area contributed by atoms with Gasteiger partial charge in [0.2, 0.25) is 0 Å². The van der Waals surface area contributed by atoms with Gasteiger partial charge < -0.3 is 19.5 Å². The largest absolute Gasteiger partial charge is 0.465 e. The lowest BCUT2D eigenvalue weighted by atomic mass is 10.1. The minimum absolute atomic E-state index is 0.000959. The number of carbonyl (C=O) groups excluding carboxylic acids is 4. The van der Waals surface area contributed by atoms with Gasteiger partial charge in [-0.25, -0.2) is 18.8 Å². The number of rotatable bonds is 7. The highest BCUT2D eigenvalue weighted by molar-refractivity contribution is 6.04. The van der Waals surface area contributed by atoms with Crippen LogP contribution in [0.3, 0.4) is 0 Å². The first kappa shape index (κ1) is 22.3. The molecule has 0 spiro atoms. The van der Waals surface area contributed by atoms with Gasteiger partial charge in [0.15, 0.2) is 6.61 Å². The quantitative estimate of drug-likeness (QED) is 0.421. The third kappa shape index (κ3) is 6.26. The van der Waals surface area contributed by atoms with Gasteiger partial charge in [0, 0.05) is 6.08 Å². The average molecular weight is 415 g/mol. The van der Waals surface area contributed by atoms with Crippen LogP contribution in [0.15, 0.2) is 48.5 Å². The Labute approximate surface area is 171 Å². The first-order valence-electron chi connectivity index (χ1n) is 8.55. The number of benzene rings is 2. The fourth-order valence-electron chi connectivity index (χ4n) is 2.29. The summed E-state index contributed by atoms with van der Waals surface area (Å²) in [4.78, 5) is 47.4. The van der Waals surface area contributed by atoms with Crippen molar-refractivity contribution in [2.75, 3.05) is 26.1 Å². The molecule has 0 fully saturated rings. The van der Waals surface area contributed by atoms with Crippen molar-refractivity contribution >= 4 is 35.6 Å². The SMILES string of the molecule is COC(=O)c1ccc(C(=O)OC)c(NC(=O)COC(=O)/C=C/c2ccc(F)cc2)c1. The zero-order chi connectivity index (χ0) is 22.1. The number of anilines is 1. The maximum absolute atomic E-state index is 12.8. The van der Waals surface area contributed by atoms with E-state index in [2.05, 4.69) is 14.8 Å². The number of esters is 3. The number of amides is 1. The average Bonchev–Trinajstić information content (AvgIpc) is 2.76. The van der Waals surface area contributed by atoms with Gasteiger partial charge in [-0.05, 0) is 42.0 Å². The zero-order valence-electron chi connectivity index (χ0n) is 16.1. The fourth-order valence-corrected chi connectivity index (χ4v) is 2.29. The maximum Gasteiger partial charge on any atom is 0.339 e. The van der Waals surface area contributed by atoms with Crippen LogP contribution in [0, 0.1) is 5.82 Å². The van der Waals surface area contributed by atoms with Gasteiger partial charge in [-0.1, -0.05) is 12.1 Å². The van der Waals surface area contributed by atoms with E-state index in [1.807, 2.05) is 0 Å². The van der Waals surface area contributed by atoms with Gasteiger partial charge in [-0.2, -0.15) is 0 Å². The molecule has 1 amide bonds. The van der Waals surface area contributed by atoms with E-state index in [1.165, 1.54) is 55.7 Å². The summed E-state index contributed by atoms with van der Waals surface area (Å²) in [6, 6.07) is 9.29. The topological polar surface area (TPSA) is 108 Å². The van der Waals surface area contributed by atoms with Crippen LogP contribution in [0.5, 0.6) is 0 Å². The second kappa shape index (κ2) is 10.5. The van der Waals surface area contributed by atoms with Crippen LogP contribution in [0.2, 0.25) is 0 Å². The molecule has 0 aliphatic rings. The normalized spacial score (nSPS) is 10.4. The number of carbonyl (C=O) groups is 4. The molecular weight excluding hydrogens is 397 g/mol. The minimum Gasteiger partial charge on any atom is -0.465 e. The lowest BCUT2D eigenvalue weighted by Gasteiger charge is -2.11. The Hall–Kier alpha value is -4.01. The molecule has 2 rings (SSSR count). The Morgan fingerprint density at radius 3 is 2.27 bits per heavy atom. The molecule has 8 nitrogen and oxygen atoms in total. The van der Waals surface area contributed by atoms with Crippen molar-refractivity contribution in [1.82, 2.24) is 0 Å². The fraction of sp³-hybridized carbons (Fsp3) is 0.143. The molecule has 0 atom stereocenters. The van der Waals surface area contributed by atoms with Gasteiger partial charge in [0.1, 0.15) is 5.82 Å². The van der Waals surface area contributed by atoms with E-state index < -0.39 is 36.2 Å². The Balaban J connectivity index is 2.02. The molecule has 0 radical (unpaired) electrons. The monoisotopic (exact) mass is 415 g/mol. The number of halogens is 1. The molecule has 0 aliphatic heterocycles. The minimum atomic E-state index is -0.800. The molecule has 0 saturated heterocycles. The standard InChI is InChI=1S/C21H18FNO7/c1-28-20(26)14-6-9-16(21(27)29-2)17(11-14)23-18(24)12-30-19(25)10-5-13-3-7-15(22)8-4-13/h3-11H,12H2,1-2H3,(H,23,24)/b10-5+. The van der Waals surface area contributed by atoms with Crippen molar-refractivity contribution < 1.29 is 37.8 Å². The Morgan fingerprint density at radius 1 is 0.967 bits per heavy atom. The van der Waals surface area contributed by atoms with Crippen molar-refractivity contribution in [3.8, 4) is 0 Å². The predicted octanol–water partition coefficient (Wildman–Crippen LogP) is 2.59. The molecule has 2 aromatic rings. The van der Waals surface area contributed by atoms with Crippen LogP contribution in [-0.4, -0.2) is 44.6 Å². The Morgan fingerprint density at radius 2 is 1.63 bits per heavy atom. The van der Waals surface area contributed by atoms with Crippen molar-refractivity contribution in [1.29, 1.82) is 0 Å². The van der Waals surface area contributed by atoms with Crippen LogP contribution in [-0.2, 0) is 23.8 Å². The van der Waals surface area contributed by atoms with E-state index in [0.29, 0.717) is 5.56 Å². The first-order valence-corrected chi connectivity index (χ1v) is 8.55. The van der Waals surface area contributed by atoms with Gasteiger partial charge in [0.05, 0.1) is 31.0 Å². The summed E-state index contributed by atoms with van der Waals surface area (Å²) in [5.74, 6) is -3.36. The molecule has 0 bridgehead atoms. The third-order valence-corrected chi connectivity index (χ3v) is 3.75. The summed E-state index contributed by atoms with van der Waals surface area (Å²) >= 11 is 0. The van der Waals surface area contributed by atoms with E-state index in [4.69, 9.17) is 4.74 Å². The second-order valence-electron chi connectivity index (χ2n) is 5.78. The third-order valence-electron chi connectivity index (χ3n) is 3.75.